The van der Waals surface area contributed by atoms with Gasteiger partial charge in [-0.3, -0.25) is 37.3 Å². The van der Waals surface area contributed by atoms with E-state index in [2.05, 4.69) is 55.4 Å². The van der Waals surface area contributed by atoms with Crippen molar-refractivity contribution >= 4 is 39.5 Å². The highest BCUT2D eigenvalue weighted by atomic mass is 31.2. The van der Waals surface area contributed by atoms with Gasteiger partial charge >= 0.3 is 39.5 Å². The largest absolute Gasteiger partial charge is 0.472 e. The second-order valence-electron chi connectivity index (χ2n) is 29.4. The molecule has 96 heavy (non-hydrogen) atoms. The van der Waals surface area contributed by atoms with E-state index in [0.717, 1.165) is 114 Å². The number of hydrogen-bond donors (Lipinski definition) is 3. The Labute approximate surface area is 588 Å². The number of carbonyl (C=O) groups is 4. The van der Waals surface area contributed by atoms with Crippen molar-refractivity contribution in [3.63, 3.8) is 0 Å². The van der Waals surface area contributed by atoms with E-state index in [1.165, 1.54) is 193 Å². The number of aliphatic hydroxyl groups excluding tert-OH is 1. The number of aliphatic hydroxyl groups is 1. The fraction of sp³-hybridized carbons (Fsp3) is 0.948. The van der Waals surface area contributed by atoms with E-state index in [0.29, 0.717) is 25.7 Å². The summed E-state index contributed by atoms with van der Waals surface area (Å²) in [6.07, 6.45) is 51.2. The third kappa shape index (κ3) is 69.2. The first-order chi connectivity index (χ1) is 46.1. The maximum absolute atomic E-state index is 13.1. The van der Waals surface area contributed by atoms with E-state index in [1.807, 2.05) is 0 Å². The first kappa shape index (κ1) is 94.1. The summed E-state index contributed by atoms with van der Waals surface area (Å²) in [5.41, 5.74) is 0. The van der Waals surface area contributed by atoms with Gasteiger partial charge in [0, 0.05) is 25.7 Å². The standard InChI is InChI=1S/C77H150O17P2/c1-9-70(8)56-48-40-32-27-28-34-42-50-58-75(80)88-64-73(94-77(82)60-52-44-36-26-20-23-31-39-47-55-69(6)7)66-92-96(85,86)90-62-71(78)61-89-95(83,84)91-65-72(63-87-74(79)57-49-41-33-24-18-15-14-17-22-30-38-46-54-68(4)5)93-76(81)59-51-43-35-25-19-13-11-10-12-16-21-29-37-45-53-67(2)3/h67-73,78H,9-66H2,1-8H3,(H,83,84)(H,85,86)/t70?,71-,72-,73-/m1/s1. The summed E-state index contributed by atoms with van der Waals surface area (Å²) in [5.74, 6) is 0.972. The van der Waals surface area contributed by atoms with Gasteiger partial charge < -0.3 is 33.8 Å². The predicted octanol–water partition coefficient (Wildman–Crippen LogP) is 22.4. The van der Waals surface area contributed by atoms with Crippen molar-refractivity contribution in [3.8, 4) is 0 Å². The van der Waals surface area contributed by atoms with E-state index in [4.69, 9.17) is 37.0 Å². The van der Waals surface area contributed by atoms with Crippen molar-refractivity contribution in [2.45, 2.75) is 408 Å². The number of hydrogen-bond acceptors (Lipinski definition) is 15. The number of ether oxygens (including phenoxy) is 4. The molecule has 19 heteroatoms. The summed E-state index contributed by atoms with van der Waals surface area (Å²) in [6.45, 7) is 14.2. The third-order valence-electron chi connectivity index (χ3n) is 18.2. The SMILES string of the molecule is CCC(C)CCCCCCCCCCC(=O)OC[C@H](COP(=O)(O)OC[C@H](O)COP(=O)(O)OC[C@@H](COC(=O)CCCCCCCCCCCCCCC(C)C)OC(=O)CCCCCCCCCCCCCCCCC(C)C)OC(=O)CCCCCCCCCCCC(C)C. The van der Waals surface area contributed by atoms with Crippen LogP contribution in [0.1, 0.15) is 389 Å². The Morgan fingerprint density at radius 3 is 0.740 bits per heavy atom. The van der Waals surface area contributed by atoms with Crippen molar-refractivity contribution in [2.75, 3.05) is 39.6 Å². The molecule has 0 saturated carbocycles. The van der Waals surface area contributed by atoms with Crippen molar-refractivity contribution < 1.29 is 80.2 Å². The molecule has 3 unspecified atom stereocenters. The predicted molar refractivity (Wildman–Crippen MR) is 391 cm³/mol. The van der Waals surface area contributed by atoms with Gasteiger partial charge in [0.25, 0.3) is 0 Å². The number of unbranched alkanes of at least 4 members (excludes halogenated alkanes) is 39. The van der Waals surface area contributed by atoms with Crippen LogP contribution < -0.4 is 0 Å². The van der Waals surface area contributed by atoms with Crippen LogP contribution in [0.5, 0.6) is 0 Å². The molecule has 6 atom stereocenters. The molecule has 0 aliphatic heterocycles. The van der Waals surface area contributed by atoms with E-state index in [1.54, 1.807) is 0 Å². The van der Waals surface area contributed by atoms with Crippen molar-refractivity contribution in [2.24, 2.45) is 23.7 Å². The quantitative estimate of drug-likeness (QED) is 0.0222. The number of phosphoric acid groups is 2. The lowest BCUT2D eigenvalue weighted by atomic mass is 9.99. The van der Waals surface area contributed by atoms with Crippen LogP contribution in [0.2, 0.25) is 0 Å². The molecule has 0 spiro atoms. The Kier molecular flexibility index (Phi) is 65.0. The number of rotatable bonds is 74. The summed E-state index contributed by atoms with van der Waals surface area (Å²) in [7, 11) is -9.92. The molecule has 0 bridgehead atoms. The fourth-order valence-electron chi connectivity index (χ4n) is 11.7. The minimum atomic E-state index is -4.96. The highest BCUT2D eigenvalue weighted by Crippen LogP contribution is 2.45. The Bertz CT molecular complexity index is 1890. The number of phosphoric ester groups is 2. The van der Waals surface area contributed by atoms with Crippen molar-refractivity contribution in [3.05, 3.63) is 0 Å². The van der Waals surface area contributed by atoms with Gasteiger partial charge in [0.1, 0.15) is 19.3 Å². The molecule has 0 rings (SSSR count). The molecule has 0 aliphatic carbocycles. The second kappa shape index (κ2) is 66.3. The smallest absolute Gasteiger partial charge is 0.462 e. The lowest BCUT2D eigenvalue weighted by Crippen LogP contribution is -2.30. The molecule has 0 aromatic heterocycles. The van der Waals surface area contributed by atoms with Crippen LogP contribution in [0.15, 0.2) is 0 Å². The van der Waals surface area contributed by atoms with Crippen LogP contribution in [0.4, 0.5) is 0 Å². The Morgan fingerprint density at radius 1 is 0.292 bits per heavy atom. The molecule has 0 amide bonds. The van der Waals surface area contributed by atoms with E-state index < -0.39 is 97.5 Å². The maximum Gasteiger partial charge on any atom is 0.472 e. The van der Waals surface area contributed by atoms with Crippen molar-refractivity contribution in [1.29, 1.82) is 0 Å². The van der Waals surface area contributed by atoms with Gasteiger partial charge in [-0.25, -0.2) is 9.13 Å². The lowest BCUT2D eigenvalue weighted by molar-refractivity contribution is -0.161. The molecule has 0 saturated heterocycles. The van der Waals surface area contributed by atoms with Gasteiger partial charge in [-0.1, -0.05) is 338 Å². The van der Waals surface area contributed by atoms with Crippen LogP contribution in [-0.2, 0) is 65.4 Å². The Balaban J connectivity index is 5.27. The zero-order valence-corrected chi connectivity index (χ0v) is 64.8. The molecule has 0 fully saturated rings. The highest BCUT2D eigenvalue weighted by Gasteiger charge is 2.30. The van der Waals surface area contributed by atoms with Crippen LogP contribution in [0, 0.1) is 23.7 Å². The van der Waals surface area contributed by atoms with Crippen LogP contribution in [0.3, 0.4) is 0 Å². The Morgan fingerprint density at radius 2 is 0.500 bits per heavy atom. The molecule has 3 N–H and O–H groups in total. The minimum Gasteiger partial charge on any atom is -0.462 e. The van der Waals surface area contributed by atoms with Crippen LogP contribution in [-0.4, -0.2) is 96.7 Å². The summed E-state index contributed by atoms with van der Waals surface area (Å²) >= 11 is 0. The van der Waals surface area contributed by atoms with Crippen LogP contribution in [0.25, 0.3) is 0 Å². The first-order valence-corrected chi connectivity index (χ1v) is 42.7. The van der Waals surface area contributed by atoms with Gasteiger partial charge in [0.15, 0.2) is 12.2 Å². The summed E-state index contributed by atoms with van der Waals surface area (Å²) < 4.78 is 68.6. The molecular weight excluding hydrogens is 1260 g/mol. The zero-order chi connectivity index (χ0) is 71.0. The van der Waals surface area contributed by atoms with Gasteiger partial charge in [0.2, 0.25) is 0 Å². The van der Waals surface area contributed by atoms with Crippen LogP contribution >= 0.6 is 15.6 Å². The normalized spacial score (nSPS) is 14.4. The zero-order valence-electron chi connectivity index (χ0n) is 63.0. The molecule has 0 heterocycles. The monoisotopic (exact) mass is 1410 g/mol. The van der Waals surface area contributed by atoms with Gasteiger partial charge in [0.05, 0.1) is 26.4 Å². The Hall–Kier alpha value is -1.94. The molecule has 0 aromatic carbocycles. The second-order valence-corrected chi connectivity index (χ2v) is 32.3. The maximum atomic E-state index is 13.1. The fourth-order valence-corrected chi connectivity index (χ4v) is 13.3. The molecular formula is C77H150O17P2. The molecule has 0 radical (unpaired) electrons. The average Bonchev–Trinajstić information content (AvgIpc) is 1.35. The number of carbonyl (C=O) groups excluding carboxylic acids is 4. The molecule has 0 aliphatic rings. The average molecular weight is 1410 g/mol. The highest BCUT2D eigenvalue weighted by molar-refractivity contribution is 7.47. The summed E-state index contributed by atoms with van der Waals surface area (Å²) in [6, 6.07) is 0. The number of esters is 4. The minimum absolute atomic E-state index is 0.105. The van der Waals surface area contributed by atoms with E-state index in [-0.39, 0.29) is 25.7 Å². The molecule has 17 nitrogen and oxygen atoms in total. The van der Waals surface area contributed by atoms with E-state index >= 15 is 0 Å². The van der Waals surface area contributed by atoms with Gasteiger partial charge in [-0.05, 0) is 49.4 Å². The molecule has 570 valence electrons. The summed E-state index contributed by atoms with van der Waals surface area (Å²) in [5, 5.41) is 10.6. The third-order valence-corrected chi connectivity index (χ3v) is 20.1. The van der Waals surface area contributed by atoms with Gasteiger partial charge in [-0.15, -0.1) is 0 Å². The van der Waals surface area contributed by atoms with Crippen molar-refractivity contribution in [1.82, 2.24) is 0 Å². The van der Waals surface area contributed by atoms with Gasteiger partial charge in [-0.2, -0.15) is 0 Å². The topological polar surface area (TPSA) is 237 Å². The summed E-state index contributed by atoms with van der Waals surface area (Å²) in [4.78, 5) is 72.9. The lowest BCUT2D eigenvalue weighted by Gasteiger charge is -2.21. The van der Waals surface area contributed by atoms with E-state index in [9.17, 15) is 43.2 Å². The molecule has 0 aromatic rings. The first-order valence-electron chi connectivity index (χ1n) is 39.7.